The molecular weight excluding hydrogens is 605 g/mol. The molecule has 1 aliphatic heterocycles. The van der Waals surface area contributed by atoms with Crippen LogP contribution in [-0.2, 0) is 11.3 Å². The quantitative estimate of drug-likeness (QED) is 0.268. The van der Waals surface area contributed by atoms with E-state index in [4.69, 9.17) is 23.9 Å². The van der Waals surface area contributed by atoms with Crippen molar-refractivity contribution in [2.24, 2.45) is 5.92 Å². The maximum atomic E-state index is 12.7. The fraction of sp³-hybridized carbons (Fsp3) is 0.441. The van der Waals surface area contributed by atoms with Gasteiger partial charge in [0.15, 0.2) is 0 Å². The average molecular weight is 644 g/mol. The van der Waals surface area contributed by atoms with E-state index in [2.05, 4.69) is 22.9 Å². The Balaban J connectivity index is 1.45. The van der Waals surface area contributed by atoms with Crippen LogP contribution in [0.5, 0.6) is 17.2 Å². The van der Waals surface area contributed by atoms with Gasteiger partial charge in [-0.15, -0.1) is 0 Å². The predicted molar refractivity (Wildman–Crippen MR) is 165 cm³/mol. The Labute approximate surface area is 262 Å². The zero-order valence-corrected chi connectivity index (χ0v) is 27.1. The summed E-state index contributed by atoms with van der Waals surface area (Å²) in [6.07, 6.45) is 3.52. The molecule has 1 amide bonds. The zero-order chi connectivity index (χ0) is 30.6. The normalized spacial score (nSPS) is 15.5. The van der Waals surface area contributed by atoms with E-state index in [1.165, 1.54) is 12.8 Å². The van der Waals surface area contributed by atoms with Crippen LogP contribution in [0, 0.1) is 17.2 Å². The molecule has 0 unspecified atom stereocenters. The van der Waals surface area contributed by atoms with Crippen molar-refractivity contribution >= 4 is 27.4 Å². The molecular formula is C34H38AsN3O5. The molecule has 1 aromatic heterocycles. The number of ether oxygens (including phenoxy) is 4. The Hall–Kier alpha value is -3.69. The van der Waals surface area contributed by atoms with Gasteiger partial charge < -0.3 is 0 Å². The van der Waals surface area contributed by atoms with Crippen molar-refractivity contribution in [2.45, 2.75) is 64.6 Å². The number of hydrogen-bond donors (Lipinski definition) is 0. The summed E-state index contributed by atoms with van der Waals surface area (Å²) >= 11 is 2.45. The van der Waals surface area contributed by atoms with Crippen molar-refractivity contribution in [1.82, 2.24) is 9.88 Å². The number of hydrogen-bond acceptors (Lipinski definition) is 7. The molecule has 2 radical (unpaired) electrons. The van der Waals surface area contributed by atoms with Gasteiger partial charge in [-0.05, 0) is 0 Å². The van der Waals surface area contributed by atoms with Gasteiger partial charge >= 0.3 is 256 Å². The number of rotatable bonds is 9. The Kier molecular flexibility index (Phi) is 9.52. The monoisotopic (exact) mass is 643 g/mol. The number of likely N-dealkylation sites (tertiary alicyclic amines) is 1. The molecule has 2 heterocycles. The van der Waals surface area contributed by atoms with Crippen molar-refractivity contribution in [3.8, 4) is 34.6 Å². The molecule has 2 aliphatic rings. The second-order valence-corrected chi connectivity index (χ2v) is 13.1. The number of nitrogens with zero attached hydrogens (tertiary/aromatic N) is 3. The number of piperidine rings is 1. The number of nitriles is 1. The molecule has 224 valence electrons. The standard InChI is InChI=1S/C34H38AsN3O5/c1-34(2,3)43-33(39)38-16-14-24(15-17-38)26-18-28(37-32(35)27(26)19-36)31-29(41-20-22-8-9-22)6-5-7-30(31)42-21-23-10-12-25(40-4)13-11-23/h5-7,10-13,18,22,24H,8-9,14-17,20-21H2,1-4H3. The second-order valence-electron chi connectivity index (χ2n) is 12.2. The number of methoxy groups -OCH3 is 1. The van der Waals surface area contributed by atoms with Crippen LogP contribution in [-0.4, -0.2) is 65.2 Å². The van der Waals surface area contributed by atoms with Crippen molar-refractivity contribution in [3.05, 3.63) is 65.2 Å². The van der Waals surface area contributed by atoms with E-state index in [9.17, 15) is 10.1 Å². The SMILES string of the molecule is COc1ccc(COc2cccc(OCC3CC3)c2-c2cc(C3CCN(C(=O)OC(C)(C)C)CC3)c(C#N)c([As])n2)cc1. The molecule has 9 heteroatoms. The Morgan fingerprint density at radius 2 is 1.72 bits per heavy atom. The van der Waals surface area contributed by atoms with E-state index < -0.39 is 5.60 Å². The summed E-state index contributed by atoms with van der Waals surface area (Å²) in [5.74, 6) is 2.85. The van der Waals surface area contributed by atoms with Crippen molar-refractivity contribution in [1.29, 1.82) is 5.26 Å². The average Bonchev–Trinajstić information content (AvgIpc) is 3.83. The summed E-state index contributed by atoms with van der Waals surface area (Å²) < 4.78 is 24.2. The first-order chi connectivity index (χ1) is 20.6. The van der Waals surface area contributed by atoms with Crippen LogP contribution < -0.4 is 18.7 Å². The van der Waals surface area contributed by atoms with E-state index in [1.807, 2.05) is 69.3 Å². The van der Waals surface area contributed by atoms with Gasteiger partial charge in [-0.1, -0.05) is 0 Å². The maximum absolute atomic E-state index is 12.7. The molecule has 3 aromatic rings. The van der Waals surface area contributed by atoms with Crippen LogP contribution in [0.3, 0.4) is 0 Å². The van der Waals surface area contributed by atoms with Crippen LogP contribution in [0.4, 0.5) is 4.79 Å². The topological polar surface area (TPSA) is 93.9 Å². The third-order valence-electron chi connectivity index (χ3n) is 7.70. The predicted octanol–water partition coefficient (Wildman–Crippen LogP) is 5.90. The minimum absolute atomic E-state index is 0.0983. The molecule has 8 nitrogen and oxygen atoms in total. The third-order valence-corrected chi connectivity index (χ3v) is 8.38. The molecule has 0 spiro atoms. The van der Waals surface area contributed by atoms with Crippen LogP contribution >= 0.6 is 0 Å². The zero-order valence-electron chi connectivity index (χ0n) is 25.3. The molecule has 2 aromatic carbocycles. The number of amides is 1. The van der Waals surface area contributed by atoms with Crippen LogP contribution in [0.15, 0.2) is 48.5 Å². The summed E-state index contributed by atoms with van der Waals surface area (Å²) in [5.41, 5.74) is 3.45. The molecule has 0 atom stereocenters. The van der Waals surface area contributed by atoms with Gasteiger partial charge in [-0.3, -0.25) is 0 Å². The van der Waals surface area contributed by atoms with Gasteiger partial charge in [-0.2, -0.15) is 0 Å². The molecule has 1 saturated heterocycles. The number of aromatic nitrogens is 1. The number of carbonyl (C=O) groups excluding carboxylic acids is 1. The molecule has 2 fully saturated rings. The van der Waals surface area contributed by atoms with E-state index in [0.717, 1.165) is 35.3 Å². The number of benzene rings is 2. The van der Waals surface area contributed by atoms with Crippen molar-refractivity contribution < 1.29 is 23.7 Å². The van der Waals surface area contributed by atoms with Gasteiger partial charge in [0, 0.05) is 0 Å². The molecule has 43 heavy (non-hydrogen) atoms. The van der Waals surface area contributed by atoms with Crippen LogP contribution in [0.1, 0.15) is 69.1 Å². The minimum atomic E-state index is -0.543. The molecule has 0 bridgehead atoms. The third kappa shape index (κ3) is 7.83. The van der Waals surface area contributed by atoms with E-state index in [0.29, 0.717) is 59.5 Å². The summed E-state index contributed by atoms with van der Waals surface area (Å²) in [6.45, 7) is 7.76. The Bertz CT molecular complexity index is 1480. The molecule has 0 N–H and O–H groups in total. The van der Waals surface area contributed by atoms with Gasteiger partial charge in [0.25, 0.3) is 0 Å². The summed E-state index contributed by atoms with van der Waals surface area (Å²) in [7, 11) is 1.65. The number of pyridine rings is 1. The first-order valence-corrected chi connectivity index (χ1v) is 15.7. The Morgan fingerprint density at radius 3 is 2.33 bits per heavy atom. The van der Waals surface area contributed by atoms with Crippen molar-refractivity contribution in [3.63, 3.8) is 0 Å². The van der Waals surface area contributed by atoms with Crippen molar-refractivity contribution in [2.75, 3.05) is 26.8 Å². The first kappa shape index (κ1) is 30.8. The Morgan fingerprint density at radius 1 is 1.05 bits per heavy atom. The van der Waals surface area contributed by atoms with E-state index in [1.54, 1.807) is 12.0 Å². The molecule has 1 aliphatic carbocycles. The summed E-state index contributed by atoms with van der Waals surface area (Å²) in [4.78, 5) is 19.3. The number of carbonyl (C=O) groups is 1. The van der Waals surface area contributed by atoms with Crippen LogP contribution in [0.25, 0.3) is 11.3 Å². The first-order valence-electron chi connectivity index (χ1n) is 14.8. The fourth-order valence-electron chi connectivity index (χ4n) is 5.19. The van der Waals surface area contributed by atoms with Crippen LogP contribution in [0.2, 0.25) is 0 Å². The van der Waals surface area contributed by atoms with Gasteiger partial charge in [0.2, 0.25) is 0 Å². The van der Waals surface area contributed by atoms with Gasteiger partial charge in [0.05, 0.1) is 7.11 Å². The van der Waals surface area contributed by atoms with Gasteiger partial charge in [0.1, 0.15) is 0 Å². The second kappa shape index (κ2) is 13.3. The molecule has 1 saturated carbocycles. The fourth-order valence-corrected chi connectivity index (χ4v) is 5.80. The van der Waals surface area contributed by atoms with E-state index >= 15 is 0 Å². The summed E-state index contributed by atoms with van der Waals surface area (Å²) in [6, 6.07) is 18.0. The van der Waals surface area contributed by atoms with Gasteiger partial charge in [-0.25, -0.2) is 0 Å². The summed E-state index contributed by atoms with van der Waals surface area (Å²) in [5, 5.41) is 10.1. The molecule has 5 rings (SSSR count). The van der Waals surface area contributed by atoms with E-state index in [-0.39, 0.29) is 12.0 Å².